The minimum atomic E-state index is -0.397. The van der Waals surface area contributed by atoms with Gasteiger partial charge in [0.15, 0.2) is 22.9 Å². The standard InChI is InChI=1S/C15H11FO3/c16-12-5-3-4-10-8-11(19-15(10)12)9-18-14-7-2-1-6-13(14)17/h1-8,17H,9H2. The summed E-state index contributed by atoms with van der Waals surface area (Å²) < 4.78 is 24.3. The van der Waals surface area contributed by atoms with Gasteiger partial charge in [0.25, 0.3) is 0 Å². The molecular formula is C15H11FO3. The molecule has 0 aliphatic heterocycles. The number of hydrogen-bond acceptors (Lipinski definition) is 3. The summed E-state index contributed by atoms with van der Waals surface area (Å²) in [5.41, 5.74) is 0.221. The van der Waals surface area contributed by atoms with Crippen LogP contribution in [0.2, 0.25) is 0 Å². The number of para-hydroxylation sites is 3. The van der Waals surface area contributed by atoms with Gasteiger partial charge < -0.3 is 14.3 Å². The Hall–Kier alpha value is -2.49. The third-order valence-electron chi connectivity index (χ3n) is 2.78. The van der Waals surface area contributed by atoms with Crippen LogP contribution in [0.3, 0.4) is 0 Å². The molecule has 3 nitrogen and oxygen atoms in total. The van der Waals surface area contributed by atoms with Crippen LogP contribution in [0.5, 0.6) is 11.5 Å². The SMILES string of the molecule is Oc1ccccc1OCc1cc2cccc(F)c2o1. The lowest BCUT2D eigenvalue weighted by Gasteiger charge is -2.05. The maximum atomic E-state index is 13.5. The van der Waals surface area contributed by atoms with E-state index in [-0.39, 0.29) is 17.9 Å². The highest BCUT2D eigenvalue weighted by molar-refractivity contribution is 5.78. The van der Waals surface area contributed by atoms with Crippen LogP contribution in [0.25, 0.3) is 11.0 Å². The number of fused-ring (bicyclic) bond motifs is 1. The first kappa shape index (κ1) is 11.6. The van der Waals surface area contributed by atoms with Crippen molar-refractivity contribution in [2.75, 3.05) is 0 Å². The molecule has 0 atom stereocenters. The zero-order valence-corrected chi connectivity index (χ0v) is 9.97. The average Bonchev–Trinajstić information content (AvgIpc) is 2.82. The summed E-state index contributed by atoms with van der Waals surface area (Å²) in [5.74, 6) is 0.530. The van der Waals surface area contributed by atoms with Crippen molar-refractivity contribution in [2.45, 2.75) is 6.61 Å². The molecule has 19 heavy (non-hydrogen) atoms. The second kappa shape index (κ2) is 4.65. The van der Waals surface area contributed by atoms with Crippen molar-refractivity contribution >= 4 is 11.0 Å². The highest BCUT2D eigenvalue weighted by Crippen LogP contribution is 2.27. The van der Waals surface area contributed by atoms with Crippen molar-refractivity contribution in [1.82, 2.24) is 0 Å². The quantitative estimate of drug-likeness (QED) is 0.775. The average molecular weight is 258 g/mol. The topological polar surface area (TPSA) is 42.6 Å². The minimum Gasteiger partial charge on any atom is -0.504 e. The van der Waals surface area contributed by atoms with Crippen molar-refractivity contribution in [2.24, 2.45) is 0 Å². The maximum Gasteiger partial charge on any atom is 0.170 e. The predicted molar refractivity (Wildman–Crippen MR) is 68.6 cm³/mol. The van der Waals surface area contributed by atoms with Crippen LogP contribution in [-0.2, 0) is 6.61 Å². The number of ether oxygens (including phenoxy) is 1. The Balaban J connectivity index is 1.83. The van der Waals surface area contributed by atoms with Gasteiger partial charge in [0.05, 0.1) is 0 Å². The Kier molecular flexibility index (Phi) is 2.83. The van der Waals surface area contributed by atoms with E-state index in [1.54, 1.807) is 36.4 Å². The predicted octanol–water partition coefficient (Wildman–Crippen LogP) is 3.86. The van der Waals surface area contributed by atoms with Crippen LogP contribution in [0, 0.1) is 5.82 Å². The first-order valence-corrected chi connectivity index (χ1v) is 5.82. The smallest absolute Gasteiger partial charge is 0.170 e. The van der Waals surface area contributed by atoms with Crippen molar-refractivity contribution < 1.29 is 18.7 Å². The van der Waals surface area contributed by atoms with E-state index in [1.807, 2.05) is 0 Å². The molecule has 0 aliphatic carbocycles. The molecule has 0 spiro atoms. The van der Waals surface area contributed by atoms with Crippen molar-refractivity contribution in [3.63, 3.8) is 0 Å². The summed E-state index contributed by atoms with van der Waals surface area (Å²) in [6, 6.07) is 13.1. The summed E-state index contributed by atoms with van der Waals surface area (Å²) >= 11 is 0. The molecule has 0 aliphatic rings. The van der Waals surface area contributed by atoms with Gasteiger partial charge in [-0.15, -0.1) is 0 Å². The molecular weight excluding hydrogens is 247 g/mol. The van der Waals surface area contributed by atoms with Gasteiger partial charge >= 0.3 is 0 Å². The van der Waals surface area contributed by atoms with E-state index < -0.39 is 5.82 Å². The molecule has 0 amide bonds. The number of rotatable bonds is 3. The minimum absolute atomic E-state index is 0.0600. The van der Waals surface area contributed by atoms with E-state index in [0.29, 0.717) is 16.9 Å². The van der Waals surface area contributed by atoms with Crippen molar-refractivity contribution in [1.29, 1.82) is 0 Å². The Morgan fingerprint density at radius 1 is 1.11 bits per heavy atom. The number of furan rings is 1. The van der Waals surface area contributed by atoms with E-state index in [4.69, 9.17) is 9.15 Å². The summed E-state index contributed by atoms with van der Waals surface area (Å²) in [5, 5.41) is 10.2. The van der Waals surface area contributed by atoms with Crippen LogP contribution in [0.4, 0.5) is 4.39 Å². The number of benzene rings is 2. The Labute approximate surface area is 108 Å². The van der Waals surface area contributed by atoms with Crippen LogP contribution in [0.1, 0.15) is 5.76 Å². The van der Waals surface area contributed by atoms with Crippen molar-refractivity contribution in [3.8, 4) is 11.5 Å². The van der Waals surface area contributed by atoms with Gasteiger partial charge in [0.1, 0.15) is 12.4 Å². The normalized spacial score (nSPS) is 10.8. The van der Waals surface area contributed by atoms with Crippen LogP contribution in [0.15, 0.2) is 52.9 Å². The summed E-state index contributed by atoms with van der Waals surface area (Å²) in [7, 11) is 0. The first-order valence-electron chi connectivity index (χ1n) is 5.82. The second-order valence-electron chi connectivity index (χ2n) is 4.13. The third-order valence-corrected chi connectivity index (χ3v) is 2.78. The van der Waals surface area contributed by atoms with Gasteiger partial charge in [-0.05, 0) is 24.3 Å². The van der Waals surface area contributed by atoms with Gasteiger partial charge in [-0.2, -0.15) is 0 Å². The Morgan fingerprint density at radius 3 is 2.74 bits per heavy atom. The summed E-state index contributed by atoms with van der Waals surface area (Å²) in [4.78, 5) is 0. The molecule has 3 aromatic rings. The Morgan fingerprint density at radius 2 is 1.95 bits per heavy atom. The summed E-state index contributed by atoms with van der Waals surface area (Å²) in [6.07, 6.45) is 0. The second-order valence-corrected chi connectivity index (χ2v) is 4.13. The fourth-order valence-electron chi connectivity index (χ4n) is 1.88. The van der Waals surface area contributed by atoms with Crippen LogP contribution in [-0.4, -0.2) is 5.11 Å². The van der Waals surface area contributed by atoms with E-state index in [9.17, 15) is 9.50 Å². The van der Waals surface area contributed by atoms with Gasteiger partial charge in [-0.3, -0.25) is 0 Å². The van der Waals surface area contributed by atoms with Crippen LogP contribution < -0.4 is 4.74 Å². The molecule has 1 heterocycles. The number of phenols is 1. The lowest BCUT2D eigenvalue weighted by Crippen LogP contribution is -1.93. The number of hydrogen-bond donors (Lipinski definition) is 1. The number of aromatic hydroxyl groups is 1. The molecule has 3 rings (SSSR count). The van der Waals surface area contributed by atoms with E-state index in [1.165, 1.54) is 12.1 Å². The number of halogens is 1. The van der Waals surface area contributed by atoms with Gasteiger partial charge in [0, 0.05) is 5.39 Å². The third kappa shape index (κ3) is 2.25. The molecule has 0 unspecified atom stereocenters. The van der Waals surface area contributed by atoms with Crippen molar-refractivity contribution in [3.05, 3.63) is 60.1 Å². The lowest BCUT2D eigenvalue weighted by atomic mass is 10.2. The molecule has 0 radical (unpaired) electrons. The molecule has 0 bridgehead atoms. The molecule has 96 valence electrons. The zero-order chi connectivity index (χ0) is 13.2. The first-order chi connectivity index (χ1) is 9.24. The molecule has 4 heteroatoms. The van der Waals surface area contributed by atoms with Gasteiger partial charge in [-0.1, -0.05) is 24.3 Å². The molecule has 0 fully saturated rings. The molecule has 0 saturated carbocycles. The van der Waals surface area contributed by atoms with E-state index >= 15 is 0 Å². The molecule has 1 N–H and O–H groups in total. The number of phenolic OH excluding ortho intramolecular Hbond substituents is 1. The fourth-order valence-corrected chi connectivity index (χ4v) is 1.88. The van der Waals surface area contributed by atoms with Gasteiger partial charge in [-0.25, -0.2) is 4.39 Å². The fraction of sp³-hybridized carbons (Fsp3) is 0.0667. The van der Waals surface area contributed by atoms with Crippen LogP contribution >= 0.6 is 0 Å². The van der Waals surface area contributed by atoms with Gasteiger partial charge in [0.2, 0.25) is 0 Å². The monoisotopic (exact) mass is 258 g/mol. The molecule has 1 aromatic heterocycles. The lowest BCUT2D eigenvalue weighted by molar-refractivity contribution is 0.261. The highest BCUT2D eigenvalue weighted by Gasteiger charge is 2.09. The molecule has 0 saturated heterocycles. The molecule has 2 aromatic carbocycles. The zero-order valence-electron chi connectivity index (χ0n) is 9.97. The Bertz CT molecular complexity index is 718. The largest absolute Gasteiger partial charge is 0.504 e. The van der Waals surface area contributed by atoms with E-state index in [0.717, 1.165) is 0 Å². The maximum absolute atomic E-state index is 13.5. The summed E-state index contributed by atoms with van der Waals surface area (Å²) in [6.45, 7) is 0.131. The van der Waals surface area contributed by atoms with E-state index in [2.05, 4.69) is 0 Å². The highest BCUT2D eigenvalue weighted by atomic mass is 19.1.